The van der Waals surface area contributed by atoms with E-state index in [1.165, 1.54) is 0 Å². The zero-order valence-corrected chi connectivity index (χ0v) is 11.2. The summed E-state index contributed by atoms with van der Waals surface area (Å²) in [5.41, 5.74) is 2.42. The minimum absolute atomic E-state index is 0.548. The summed E-state index contributed by atoms with van der Waals surface area (Å²) < 4.78 is 1.99. The number of pyridine rings is 1. The summed E-state index contributed by atoms with van der Waals surface area (Å²) in [6.07, 6.45) is 10.7. The largest absolute Gasteiger partial charge is 0.300 e. The molecule has 0 atom stereocenters. The molecule has 0 saturated heterocycles. The minimum atomic E-state index is 0.548. The summed E-state index contributed by atoms with van der Waals surface area (Å²) in [6.45, 7) is 0. The predicted molar refractivity (Wildman–Crippen MR) is 81.4 cm³/mol. The van der Waals surface area contributed by atoms with Crippen molar-refractivity contribution in [3.05, 3.63) is 78.1 Å². The summed E-state index contributed by atoms with van der Waals surface area (Å²) >= 11 is 0. The van der Waals surface area contributed by atoms with E-state index >= 15 is 0 Å². The third-order valence-corrected chi connectivity index (χ3v) is 3.09. The maximum absolute atomic E-state index is 9.06. The lowest BCUT2D eigenvalue weighted by atomic mass is 10.1. The lowest BCUT2D eigenvalue weighted by molar-refractivity contribution is 1.03. The van der Waals surface area contributed by atoms with E-state index in [0.717, 1.165) is 17.1 Å². The molecular weight excluding hydrogens is 260 g/mol. The van der Waals surface area contributed by atoms with Crippen LogP contribution in [-0.4, -0.2) is 14.5 Å². The Hall–Kier alpha value is -3.19. The second kappa shape index (κ2) is 5.85. The first kappa shape index (κ1) is 12.8. The molecule has 2 heterocycles. The summed E-state index contributed by atoms with van der Waals surface area (Å²) in [5.74, 6) is 0.807. The molecule has 3 aromatic rings. The molecule has 100 valence electrons. The molecule has 0 radical (unpaired) electrons. The van der Waals surface area contributed by atoms with Gasteiger partial charge in [0.2, 0.25) is 0 Å². The third kappa shape index (κ3) is 2.72. The fraction of sp³-hybridized carbons (Fsp3) is 0. The number of hydrogen-bond acceptors (Lipinski definition) is 3. The molecule has 0 bridgehead atoms. The second-order valence-corrected chi connectivity index (χ2v) is 4.40. The van der Waals surface area contributed by atoms with Crippen molar-refractivity contribution in [3.63, 3.8) is 0 Å². The van der Waals surface area contributed by atoms with E-state index < -0.39 is 0 Å². The van der Waals surface area contributed by atoms with Crippen LogP contribution in [0.4, 0.5) is 0 Å². The standard InChI is InChI=1S/C17H12N4/c18-12-15-13-19-9-8-14(15)6-7-17-20-10-11-21(17)16-4-2-1-3-5-16/h1-11,13H. The Bertz CT molecular complexity index is 810. The Morgan fingerprint density at radius 2 is 1.90 bits per heavy atom. The molecule has 0 N–H and O–H groups in total. The van der Waals surface area contributed by atoms with E-state index in [1.54, 1.807) is 18.6 Å². The highest BCUT2D eigenvalue weighted by Gasteiger charge is 2.02. The summed E-state index contributed by atoms with van der Waals surface area (Å²) in [6, 6.07) is 13.9. The van der Waals surface area contributed by atoms with Gasteiger partial charge in [0.15, 0.2) is 0 Å². The number of para-hydroxylation sites is 1. The molecule has 0 spiro atoms. The van der Waals surface area contributed by atoms with Crippen molar-refractivity contribution in [1.29, 1.82) is 5.26 Å². The van der Waals surface area contributed by atoms with E-state index in [0.29, 0.717) is 5.56 Å². The molecule has 0 aliphatic heterocycles. The van der Waals surface area contributed by atoms with Crippen molar-refractivity contribution in [3.8, 4) is 11.8 Å². The van der Waals surface area contributed by atoms with Crippen molar-refractivity contribution in [2.75, 3.05) is 0 Å². The van der Waals surface area contributed by atoms with Gasteiger partial charge in [0.25, 0.3) is 0 Å². The Morgan fingerprint density at radius 1 is 1.05 bits per heavy atom. The van der Waals surface area contributed by atoms with Crippen molar-refractivity contribution in [2.45, 2.75) is 0 Å². The highest BCUT2D eigenvalue weighted by molar-refractivity contribution is 5.70. The number of nitriles is 1. The maximum Gasteiger partial charge on any atom is 0.137 e. The Balaban J connectivity index is 1.95. The van der Waals surface area contributed by atoms with Crippen LogP contribution >= 0.6 is 0 Å². The van der Waals surface area contributed by atoms with Crippen LogP contribution in [0.1, 0.15) is 17.0 Å². The van der Waals surface area contributed by atoms with Crippen LogP contribution in [0.15, 0.2) is 61.2 Å². The lowest BCUT2D eigenvalue weighted by Crippen LogP contribution is -1.95. The first-order valence-electron chi connectivity index (χ1n) is 6.49. The predicted octanol–water partition coefficient (Wildman–Crippen LogP) is 3.31. The van der Waals surface area contributed by atoms with E-state index in [1.807, 2.05) is 59.3 Å². The molecule has 0 unspecified atom stereocenters. The highest BCUT2D eigenvalue weighted by atomic mass is 15.1. The number of imidazole rings is 1. The fourth-order valence-corrected chi connectivity index (χ4v) is 2.05. The minimum Gasteiger partial charge on any atom is -0.300 e. The zero-order chi connectivity index (χ0) is 14.5. The molecule has 0 aliphatic rings. The van der Waals surface area contributed by atoms with Crippen LogP contribution in [-0.2, 0) is 0 Å². The number of benzene rings is 1. The van der Waals surface area contributed by atoms with Crippen molar-refractivity contribution < 1.29 is 0 Å². The number of nitrogens with zero attached hydrogens (tertiary/aromatic N) is 4. The molecule has 0 fully saturated rings. The van der Waals surface area contributed by atoms with Gasteiger partial charge in [0.1, 0.15) is 11.9 Å². The van der Waals surface area contributed by atoms with Gasteiger partial charge < -0.3 is 4.57 Å². The van der Waals surface area contributed by atoms with Crippen LogP contribution in [0.5, 0.6) is 0 Å². The molecule has 2 aromatic heterocycles. The Morgan fingerprint density at radius 3 is 2.71 bits per heavy atom. The van der Waals surface area contributed by atoms with Crippen LogP contribution in [0, 0.1) is 11.3 Å². The molecule has 21 heavy (non-hydrogen) atoms. The quantitative estimate of drug-likeness (QED) is 0.735. The van der Waals surface area contributed by atoms with Gasteiger partial charge >= 0.3 is 0 Å². The van der Waals surface area contributed by atoms with Crippen molar-refractivity contribution in [2.24, 2.45) is 0 Å². The molecule has 4 heteroatoms. The highest BCUT2D eigenvalue weighted by Crippen LogP contribution is 2.14. The average Bonchev–Trinajstić information content (AvgIpc) is 3.02. The van der Waals surface area contributed by atoms with E-state index in [-0.39, 0.29) is 0 Å². The molecule has 0 amide bonds. The summed E-state index contributed by atoms with van der Waals surface area (Å²) in [7, 11) is 0. The second-order valence-electron chi connectivity index (χ2n) is 4.40. The van der Waals surface area contributed by atoms with Crippen LogP contribution in [0.3, 0.4) is 0 Å². The van der Waals surface area contributed by atoms with E-state index in [4.69, 9.17) is 5.26 Å². The lowest BCUT2D eigenvalue weighted by Gasteiger charge is -2.04. The number of aromatic nitrogens is 3. The molecular formula is C17H12N4. The molecule has 4 nitrogen and oxygen atoms in total. The van der Waals surface area contributed by atoms with Crippen LogP contribution in [0.25, 0.3) is 17.8 Å². The molecule has 0 saturated carbocycles. The van der Waals surface area contributed by atoms with Crippen molar-refractivity contribution >= 4 is 12.2 Å². The van der Waals surface area contributed by atoms with Gasteiger partial charge in [-0.05, 0) is 35.9 Å². The summed E-state index contributed by atoms with van der Waals surface area (Å²) in [5, 5.41) is 9.06. The van der Waals surface area contributed by atoms with Gasteiger partial charge in [-0.1, -0.05) is 18.2 Å². The smallest absolute Gasteiger partial charge is 0.137 e. The topological polar surface area (TPSA) is 54.5 Å². The van der Waals surface area contributed by atoms with Gasteiger partial charge in [0.05, 0.1) is 5.56 Å². The SMILES string of the molecule is N#Cc1cnccc1C=Cc1nccn1-c1ccccc1. The average molecular weight is 272 g/mol. The van der Waals surface area contributed by atoms with Crippen LogP contribution < -0.4 is 0 Å². The first-order valence-corrected chi connectivity index (χ1v) is 6.49. The number of hydrogen-bond donors (Lipinski definition) is 0. The Kier molecular flexibility index (Phi) is 3.57. The fourth-order valence-electron chi connectivity index (χ4n) is 2.05. The van der Waals surface area contributed by atoms with Crippen LogP contribution in [0.2, 0.25) is 0 Å². The van der Waals surface area contributed by atoms with E-state index in [2.05, 4.69) is 16.0 Å². The number of rotatable bonds is 3. The summed E-state index contributed by atoms with van der Waals surface area (Å²) in [4.78, 5) is 8.29. The molecule has 1 aromatic carbocycles. The Labute approximate surface area is 122 Å². The maximum atomic E-state index is 9.06. The van der Waals surface area contributed by atoms with Gasteiger partial charge in [-0.3, -0.25) is 4.98 Å². The molecule has 3 rings (SSSR count). The van der Waals surface area contributed by atoms with Gasteiger partial charge in [-0.25, -0.2) is 4.98 Å². The van der Waals surface area contributed by atoms with Crippen molar-refractivity contribution in [1.82, 2.24) is 14.5 Å². The van der Waals surface area contributed by atoms with Gasteiger partial charge in [-0.2, -0.15) is 5.26 Å². The zero-order valence-electron chi connectivity index (χ0n) is 11.2. The van der Waals surface area contributed by atoms with E-state index in [9.17, 15) is 0 Å². The first-order chi connectivity index (χ1) is 10.4. The third-order valence-electron chi connectivity index (χ3n) is 3.09. The van der Waals surface area contributed by atoms with Gasteiger partial charge in [0, 0.05) is 30.5 Å². The monoisotopic (exact) mass is 272 g/mol. The molecule has 0 aliphatic carbocycles. The normalized spacial score (nSPS) is 10.6. The van der Waals surface area contributed by atoms with Gasteiger partial charge in [-0.15, -0.1) is 0 Å².